The quantitative estimate of drug-likeness (QED) is 0.280. The Hall–Kier alpha value is -2.16. The molecular formula is C32H32S2. The zero-order chi connectivity index (χ0) is 23.5. The topological polar surface area (TPSA) is 0 Å². The molecule has 0 amide bonds. The Morgan fingerprint density at radius 1 is 0.529 bits per heavy atom. The van der Waals surface area contributed by atoms with Crippen molar-refractivity contribution in [3.8, 4) is 33.4 Å². The van der Waals surface area contributed by atoms with E-state index in [4.69, 9.17) is 0 Å². The first kappa shape index (κ1) is 22.3. The van der Waals surface area contributed by atoms with Crippen molar-refractivity contribution in [2.75, 3.05) is 11.5 Å². The van der Waals surface area contributed by atoms with Crippen LogP contribution in [0.3, 0.4) is 0 Å². The van der Waals surface area contributed by atoms with Gasteiger partial charge in [0.1, 0.15) is 0 Å². The monoisotopic (exact) mass is 480 g/mol. The highest BCUT2D eigenvalue weighted by atomic mass is 32.2. The Morgan fingerprint density at radius 3 is 1.47 bits per heavy atom. The Morgan fingerprint density at radius 2 is 1.00 bits per heavy atom. The Labute approximate surface area is 212 Å². The number of thioether (sulfide) groups is 2. The summed E-state index contributed by atoms with van der Waals surface area (Å²) in [6, 6.07) is 27.9. The maximum Gasteiger partial charge on any atom is 0.0110 e. The normalized spacial score (nSPS) is 18.4. The van der Waals surface area contributed by atoms with Crippen LogP contribution in [-0.4, -0.2) is 11.5 Å². The van der Waals surface area contributed by atoms with Crippen LogP contribution in [-0.2, 0) is 10.8 Å². The van der Waals surface area contributed by atoms with E-state index in [1.54, 1.807) is 0 Å². The lowest BCUT2D eigenvalue weighted by atomic mass is 9.80. The minimum atomic E-state index is 0.230. The molecule has 0 unspecified atom stereocenters. The first-order valence-electron chi connectivity index (χ1n) is 12.4. The van der Waals surface area contributed by atoms with Crippen LogP contribution in [0.5, 0.6) is 0 Å². The average molecular weight is 481 g/mol. The van der Waals surface area contributed by atoms with Crippen molar-refractivity contribution in [1.29, 1.82) is 0 Å². The van der Waals surface area contributed by atoms with E-state index in [0.29, 0.717) is 0 Å². The standard InChI is InChI=1S/C32H32S2/c1-31(2)14-16-33-29-12-10-21(18-27(29)31)25-20-26(24-9-7-5-6-8-23(24)25)22-11-13-30-28(19-22)32(3,4)15-17-34-30/h5-13,18-20H,14-17H2,1-4H3. The number of fused-ring (bicyclic) bond motifs is 3. The predicted octanol–water partition coefficient (Wildman–Crippen LogP) is 9.67. The highest BCUT2D eigenvalue weighted by Gasteiger charge is 2.30. The number of hydrogen-bond donors (Lipinski definition) is 0. The van der Waals surface area contributed by atoms with Gasteiger partial charge in [-0.2, -0.15) is 0 Å². The van der Waals surface area contributed by atoms with Crippen LogP contribution in [0.1, 0.15) is 51.7 Å². The second-order valence-corrected chi connectivity index (χ2v) is 13.4. The van der Waals surface area contributed by atoms with Gasteiger partial charge in [-0.3, -0.25) is 0 Å². The van der Waals surface area contributed by atoms with Crippen molar-refractivity contribution >= 4 is 23.5 Å². The van der Waals surface area contributed by atoms with Gasteiger partial charge < -0.3 is 0 Å². The maximum atomic E-state index is 2.47. The van der Waals surface area contributed by atoms with Gasteiger partial charge in [0, 0.05) is 9.79 Å². The minimum absolute atomic E-state index is 0.230. The summed E-state index contributed by atoms with van der Waals surface area (Å²) in [4.78, 5) is 2.91. The predicted molar refractivity (Wildman–Crippen MR) is 151 cm³/mol. The third kappa shape index (κ3) is 3.71. The molecule has 0 saturated carbocycles. The summed E-state index contributed by atoms with van der Waals surface area (Å²) in [6.07, 6.45) is 2.47. The summed E-state index contributed by atoms with van der Waals surface area (Å²) in [5.74, 6) is 2.43. The molecule has 0 fully saturated rings. The van der Waals surface area contributed by atoms with E-state index in [1.807, 2.05) is 23.5 Å². The van der Waals surface area contributed by atoms with Crippen LogP contribution in [0.25, 0.3) is 33.4 Å². The lowest BCUT2D eigenvalue weighted by molar-refractivity contribution is 0.494. The Bertz CT molecular complexity index is 1260. The second-order valence-electron chi connectivity index (χ2n) is 11.1. The Kier molecular flexibility index (Phi) is 5.39. The average Bonchev–Trinajstić information content (AvgIpc) is 2.99. The zero-order valence-corrected chi connectivity index (χ0v) is 22.2. The molecule has 0 N–H and O–H groups in total. The first-order valence-corrected chi connectivity index (χ1v) is 14.4. The van der Waals surface area contributed by atoms with Crippen molar-refractivity contribution in [2.45, 2.75) is 61.2 Å². The second kappa shape index (κ2) is 8.21. The van der Waals surface area contributed by atoms with Crippen molar-refractivity contribution in [3.05, 3.63) is 83.9 Å². The van der Waals surface area contributed by atoms with Crippen LogP contribution in [0, 0.1) is 0 Å². The summed E-state index contributed by atoms with van der Waals surface area (Å²) < 4.78 is 0. The highest BCUT2D eigenvalue weighted by Crippen LogP contribution is 2.49. The zero-order valence-electron chi connectivity index (χ0n) is 20.6. The van der Waals surface area contributed by atoms with Crippen LogP contribution < -0.4 is 0 Å². The largest absolute Gasteiger partial charge is 0.126 e. The van der Waals surface area contributed by atoms with E-state index >= 15 is 0 Å². The maximum absolute atomic E-state index is 2.47. The van der Waals surface area contributed by atoms with Crippen LogP contribution in [0.15, 0.2) is 82.6 Å². The fourth-order valence-corrected chi connectivity index (χ4v) is 8.58. The molecule has 0 radical (unpaired) electrons. The lowest BCUT2D eigenvalue weighted by Gasteiger charge is -2.32. The van der Waals surface area contributed by atoms with Gasteiger partial charge >= 0.3 is 0 Å². The third-order valence-electron chi connectivity index (χ3n) is 7.92. The SMILES string of the molecule is CC1(C)CCSc2ccc(-c3cc(-c4ccc5c(c4)C(C)(C)CCS5)c4cccccc3-4)cc21. The van der Waals surface area contributed by atoms with Gasteiger partial charge in [-0.25, -0.2) is 0 Å². The fraction of sp³-hybridized carbons (Fsp3) is 0.312. The van der Waals surface area contributed by atoms with Gasteiger partial charge in [0.2, 0.25) is 0 Å². The van der Waals surface area contributed by atoms with E-state index in [0.717, 1.165) is 0 Å². The van der Waals surface area contributed by atoms with Gasteiger partial charge in [0.05, 0.1) is 0 Å². The molecule has 6 rings (SSSR count). The molecule has 2 aromatic carbocycles. The minimum Gasteiger partial charge on any atom is -0.126 e. The van der Waals surface area contributed by atoms with E-state index < -0.39 is 0 Å². The summed E-state index contributed by atoms with van der Waals surface area (Å²) in [5.41, 5.74) is 11.5. The summed E-state index contributed by atoms with van der Waals surface area (Å²) in [6.45, 7) is 9.60. The summed E-state index contributed by atoms with van der Waals surface area (Å²) in [7, 11) is 0. The molecule has 0 nitrogen and oxygen atoms in total. The van der Waals surface area contributed by atoms with Gasteiger partial charge in [0.25, 0.3) is 0 Å². The molecule has 2 aromatic rings. The van der Waals surface area contributed by atoms with Crippen molar-refractivity contribution in [3.63, 3.8) is 0 Å². The van der Waals surface area contributed by atoms with E-state index in [1.165, 1.54) is 78.6 Å². The lowest BCUT2D eigenvalue weighted by Crippen LogP contribution is -2.22. The van der Waals surface area contributed by atoms with Crippen molar-refractivity contribution in [1.82, 2.24) is 0 Å². The molecule has 0 spiro atoms. The number of hydrogen-bond acceptors (Lipinski definition) is 2. The number of rotatable bonds is 2. The Balaban J connectivity index is 1.54. The molecule has 2 aliphatic carbocycles. The summed E-state index contributed by atoms with van der Waals surface area (Å²) in [5, 5.41) is 0. The van der Waals surface area contributed by atoms with Crippen LogP contribution >= 0.6 is 23.5 Å². The van der Waals surface area contributed by atoms with Crippen LogP contribution in [0.2, 0.25) is 0 Å². The molecule has 34 heavy (non-hydrogen) atoms. The molecule has 4 aliphatic rings. The van der Waals surface area contributed by atoms with Gasteiger partial charge in [-0.05, 0) is 110 Å². The van der Waals surface area contributed by atoms with E-state index in [2.05, 4.69) is 100 Å². The fourth-order valence-electron chi connectivity index (χ4n) is 5.60. The highest BCUT2D eigenvalue weighted by molar-refractivity contribution is 7.99. The smallest absolute Gasteiger partial charge is 0.0110 e. The van der Waals surface area contributed by atoms with Crippen molar-refractivity contribution in [2.24, 2.45) is 0 Å². The molecular weight excluding hydrogens is 448 g/mol. The number of benzene rings is 2. The molecule has 2 aliphatic heterocycles. The first-order chi connectivity index (χ1) is 16.3. The van der Waals surface area contributed by atoms with E-state index in [-0.39, 0.29) is 10.8 Å². The molecule has 0 bridgehead atoms. The molecule has 172 valence electrons. The van der Waals surface area contributed by atoms with Gasteiger partial charge in [0.15, 0.2) is 0 Å². The van der Waals surface area contributed by atoms with Gasteiger partial charge in [-0.15, -0.1) is 23.5 Å². The molecule has 0 saturated heterocycles. The molecule has 0 aromatic heterocycles. The third-order valence-corrected chi connectivity index (χ3v) is 10.1. The summed E-state index contributed by atoms with van der Waals surface area (Å²) >= 11 is 4.02. The van der Waals surface area contributed by atoms with Gasteiger partial charge in [-0.1, -0.05) is 70.2 Å². The molecule has 2 heteroatoms. The van der Waals surface area contributed by atoms with Crippen molar-refractivity contribution < 1.29 is 0 Å². The molecule has 0 atom stereocenters. The molecule has 2 heterocycles. The van der Waals surface area contributed by atoms with Crippen LogP contribution in [0.4, 0.5) is 0 Å². The van der Waals surface area contributed by atoms with E-state index in [9.17, 15) is 0 Å².